The van der Waals surface area contributed by atoms with Crippen LogP contribution in [0.2, 0.25) is 0 Å². The molecule has 2 aromatic heterocycles. The summed E-state index contributed by atoms with van der Waals surface area (Å²) < 4.78 is 0. The van der Waals surface area contributed by atoms with Crippen molar-refractivity contribution in [2.45, 2.75) is 51.1 Å². The SMILES string of the molecule is Cc1cnc([C@@H](NC(=O)N2CCCC[C@@H]2c2ncc[nH]2)C2CC2)s1. The number of nitrogens with zero attached hydrogens (tertiary/aromatic N) is 3. The number of amides is 2. The average molecular weight is 345 g/mol. The van der Waals surface area contributed by atoms with Crippen LogP contribution in [0.1, 0.15) is 59.9 Å². The van der Waals surface area contributed by atoms with E-state index in [9.17, 15) is 4.79 Å². The van der Waals surface area contributed by atoms with Crippen molar-refractivity contribution in [1.29, 1.82) is 0 Å². The van der Waals surface area contributed by atoms with Gasteiger partial charge in [0, 0.05) is 30.0 Å². The highest BCUT2D eigenvalue weighted by Gasteiger charge is 2.38. The van der Waals surface area contributed by atoms with Crippen LogP contribution in [0.25, 0.3) is 0 Å². The summed E-state index contributed by atoms with van der Waals surface area (Å²) in [5, 5.41) is 4.30. The Kier molecular flexibility index (Phi) is 4.26. The number of thiazole rings is 1. The summed E-state index contributed by atoms with van der Waals surface area (Å²) in [6, 6.07) is 0.114. The number of aromatic amines is 1. The first-order valence-corrected chi connectivity index (χ1v) is 9.53. The number of H-pyrrole nitrogens is 1. The van der Waals surface area contributed by atoms with E-state index in [0.717, 1.165) is 36.6 Å². The summed E-state index contributed by atoms with van der Waals surface area (Å²) in [5.41, 5.74) is 0. The summed E-state index contributed by atoms with van der Waals surface area (Å²) >= 11 is 1.69. The van der Waals surface area contributed by atoms with Gasteiger partial charge < -0.3 is 15.2 Å². The zero-order valence-electron chi connectivity index (χ0n) is 13.9. The number of urea groups is 1. The van der Waals surface area contributed by atoms with E-state index in [4.69, 9.17) is 0 Å². The van der Waals surface area contributed by atoms with E-state index in [-0.39, 0.29) is 18.1 Å². The van der Waals surface area contributed by atoms with E-state index >= 15 is 0 Å². The van der Waals surface area contributed by atoms with Crippen LogP contribution >= 0.6 is 11.3 Å². The molecule has 2 atom stereocenters. The Balaban J connectivity index is 1.51. The number of hydrogen-bond donors (Lipinski definition) is 2. The normalized spacial score (nSPS) is 22.4. The second-order valence-electron chi connectivity index (χ2n) is 6.75. The number of rotatable bonds is 4. The number of piperidine rings is 1. The third-order valence-electron chi connectivity index (χ3n) is 4.88. The molecule has 1 aliphatic heterocycles. The van der Waals surface area contributed by atoms with Crippen molar-refractivity contribution in [3.8, 4) is 0 Å². The topological polar surface area (TPSA) is 73.9 Å². The number of carbonyl (C=O) groups excluding carboxylic acids is 1. The van der Waals surface area contributed by atoms with E-state index in [1.54, 1.807) is 17.5 Å². The number of carbonyl (C=O) groups is 1. The summed E-state index contributed by atoms with van der Waals surface area (Å²) in [5.74, 6) is 1.42. The molecule has 0 bridgehead atoms. The third kappa shape index (κ3) is 3.17. The van der Waals surface area contributed by atoms with Crippen LogP contribution in [0.3, 0.4) is 0 Å². The second-order valence-corrected chi connectivity index (χ2v) is 8.02. The molecule has 24 heavy (non-hydrogen) atoms. The van der Waals surface area contributed by atoms with Crippen molar-refractivity contribution in [3.63, 3.8) is 0 Å². The smallest absolute Gasteiger partial charge is 0.318 e. The van der Waals surface area contributed by atoms with Crippen molar-refractivity contribution in [3.05, 3.63) is 34.3 Å². The first-order chi connectivity index (χ1) is 11.7. The molecule has 0 radical (unpaired) electrons. The number of aromatic nitrogens is 3. The molecular formula is C17H23N5OS. The summed E-state index contributed by atoms with van der Waals surface area (Å²) in [6.07, 6.45) is 11.0. The van der Waals surface area contributed by atoms with E-state index < -0.39 is 0 Å². The Morgan fingerprint density at radius 2 is 2.25 bits per heavy atom. The van der Waals surface area contributed by atoms with E-state index in [2.05, 4.69) is 27.2 Å². The Hall–Kier alpha value is -1.89. The number of hydrogen-bond acceptors (Lipinski definition) is 4. The molecule has 2 N–H and O–H groups in total. The second kappa shape index (κ2) is 6.55. The minimum absolute atomic E-state index is 0.0147. The molecule has 4 rings (SSSR count). The van der Waals surface area contributed by atoms with Gasteiger partial charge in [0.25, 0.3) is 0 Å². The molecule has 0 spiro atoms. The fourth-order valence-electron chi connectivity index (χ4n) is 3.46. The van der Waals surface area contributed by atoms with Crippen molar-refractivity contribution in [2.24, 2.45) is 5.92 Å². The van der Waals surface area contributed by atoms with Crippen molar-refractivity contribution < 1.29 is 4.79 Å². The average Bonchev–Trinajstić information content (AvgIpc) is 3.10. The molecule has 0 unspecified atom stereocenters. The predicted molar refractivity (Wildman–Crippen MR) is 92.7 cm³/mol. The van der Waals surface area contributed by atoms with Gasteiger partial charge in [0.1, 0.15) is 10.8 Å². The Labute approximate surface area is 145 Å². The van der Waals surface area contributed by atoms with Crippen LogP contribution in [-0.2, 0) is 0 Å². The van der Waals surface area contributed by atoms with Gasteiger partial charge in [-0.05, 0) is 44.9 Å². The van der Waals surface area contributed by atoms with Gasteiger partial charge >= 0.3 is 6.03 Å². The fourth-order valence-corrected chi connectivity index (χ4v) is 4.38. The number of imidazole rings is 1. The molecule has 1 saturated carbocycles. The maximum atomic E-state index is 13.0. The van der Waals surface area contributed by atoms with Gasteiger partial charge in [0.2, 0.25) is 0 Å². The number of likely N-dealkylation sites (tertiary alicyclic amines) is 1. The minimum Gasteiger partial charge on any atom is -0.347 e. The van der Waals surface area contributed by atoms with Crippen molar-refractivity contribution in [1.82, 2.24) is 25.2 Å². The lowest BCUT2D eigenvalue weighted by atomic mass is 10.0. The number of nitrogens with one attached hydrogen (secondary N) is 2. The van der Waals surface area contributed by atoms with Crippen LogP contribution in [0.15, 0.2) is 18.6 Å². The molecule has 2 amide bonds. The monoisotopic (exact) mass is 345 g/mol. The molecular weight excluding hydrogens is 322 g/mol. The standard InChI is InChI=1S/C17H23N5OS/c1-11-10-20-16(24-11)14(12-5-6-12)21-17(23)22-9-3-2-4-13(22)15-18-7-8-19-15/h7-8,10,12-14H,2-6,9H2,1H3,(H,18,19)(H,21,23)/t13-,14+/m1/s1. The van der Waals surface area contributed by atoms with Gasteiger partial charge in [-0.25, -0.2) is 14.8 Å². The molecule has 1 aliphatic carbocycles. The van der Waals surface area contributed by atoms with Gasteiger partial charge in [-0.1, -0.05) is 0 Å². The highest BCUT2D eigenvalue weighted by molar-refractivity contribution is 7.11. The predicted octanol–water partition coefficient (Wildman–Crippen LogP) is 3.56. The van der Waals surface area contributed by atoms with Crippen LogP contribution < -0.4 is 5.32 Å². The largest absolute Gasteiger partial charge is 0.347 e. The van der Waals surface area contributed by atoms with E-state index in [1.807, 2.05) is 17.3 Å². The minimum atomic E-state index is 0.0147. The first kappa shape index (κ1) is 15.6. The molecule has 7 heteroatoms. The lowest BCUT2D eigenvalue weighted by molar-refractivity contribution is 0.143. The van der Waals surface area contributed by atoms with E-state index in [1.165, 1.54) is 17.7 Å². The Morgan fingerprint density at radius 1 is 1.38 bits per heavy atom. The molecule has 2 fully saturated rings. The third-order valence-corrected chi connectivity index (χ3v) is 5.87. The van der Waals surface area contributed by atoms with Crippen molar-refractivity contribution in [2.75, 3.05) is 6.54 Å². The highest BCUT2D eigenvalue weighted by atomic mass is 32.1. The molecule has 2 aromatic rings. The molecule has 2 aliphatic rings. The van der Waals surface area contributed by atoms with Gasteiger partial charge in [-0.2, -0.15) is 0 Å². The highest BCUT2D eigenvalue weighted by Crippen LogP contribution is 2.42. The summed E-state index contributed by atoms with van der Waals surface area (Å²) in [7, 11) is 0. The molecule has 6 nitrogen and oxygen atoms in total. The van der Waals surface area contributed by atoms with Crippen LogP contribution in [0.4, 0.5) is 4.79 Å². The zero-order valence-corrected chi connectivity index (χ0v) is 14.7. The van der Waals surface area contributed by atoms with Crippen LogP contribution in [0.5, 0.6) is 0 Å². The Morgan fingerprint density at radius 3 is 2.92 bits per heavy atom. The maximum Gasteiger partial charge on any atom is 0.318 e. The Bertz CT molecular complexity index is 694. The number of aryl methyl sites for hydroxylation is 1. The van der Waals surface area contributed by atoms with Gasteiger partial charge in [-0.3, -0.25) is 0 Å². The zero-order chi connectivity index (χ0) is 16.5. The lowest BCUT2D eigenvalue weighted by Crippen LogP contribution is -2.46. The van der Waals surface area contributed by atoms with Crippen molar-refractivity contribution >= 4 is 17.4 Å². The maximum absolute atomic E-state index is 13.0. The molecule has 128 valence electrons. The van der Waals surface area contributed by atoms with Crippen LogP contribution in [0, 0.1) is 12.8 Å². The van der Waals surface area contributed by atoms with E-state index in [0.29, 0.717) is 5.92 Å². The van der Waals surface area contributed by atoms with Gasteiger partial charge in [-0.15, -0.1) is 11.3 Å². The van der Waals surface area contributed by atoms with Gasteiger partial charge in [0.15, 0.2) is 0 Å². The quantitative estimate of drug-likeness (QED) is 0.890. The first-order valence-electron chi connectivity index (χ1n) is 8.71. The summed E-state index contributed by atoms with van der Waals surface area (Å²) in [6.45, 7) is 2.84. The van der Waals surface area contributed by atoms with Gasteiger partial charge in [0.05, 0.1) is 12.1 Å². The van der Waals surface area contributed by atoms with Crippen LogP contribution in [-0.4, -0.2) is 32.4 Å². The summed E-state index contributed by atoms with van der Waals surface area (Å²) in [4.78, 5) is 28.2. The lowest BCUT2D eigenvalue weighted by Gasteiger charge is -2.35. The molecule has 1 saturated heterocycles. The molecule has 3 heterocycles. The fraction of sp³-hybridized carbons (Fsp3) is 0.588. The molecule has 0 aromatic carbocycles.